The maximum Gasteiger partial charge on any atom is 0.0405 e. The van der Waals surface area contributed by atoms with E-state index in [1.54, 1.807) is 0 Å². The Morgan fingerprint density at radius 1 is 1.22 bits per heavy atom. The maximum absolute atomic E-state index is 3.64. The van der Waals surface area contributed by atoms with Crippen LogP contribution >= 0.6 is 11.3 Å². The van der Waals surface area contributed by atoms with Crippen LogP contribution < -0.4 is 5.32 Å². The Bertz CT molecular complexity index is 542. The highest BCUT2D eigenvalue weighted by molar-refractivity contribution is 7.09. The smallest absolute Gasteiger partial charge is 0.0405 e. The Kier molecular flexibility index (Phi) is 3.13. The SMILES string of the molecule is Cc1ccc(C)c2c1CC(Cc1cccs1)CN2. The second-order valence-electron chi connectivity index (χ2n) is 5.29. The molecule has 94 valence electrons. The monoisotopic (exact) mass is 257 g/mol. The first-order valence-corrected chi connectivity index (χ1v) is 7.47. The molecular weight excluding hydrogens is 238 g/mol. The topological polar surface area (TPSA) is 12.0 Å². The molecule has 1 aliphatic heterocycles. The predicted octanol–water partition coefficient (Wildman–Crippen LogP) is 4.19. The van der Waals surface area contributed by atoms with E-state index in [0.29, 0.717) is 0 Å². The molecule has 0 saturated carbocycles. The molecule has 1 nitrogen and oxygen atoms in total. The van der Waals surface area contributed by atoms with Crippen LogP contribution in [-0.2, 0) is 12.8 Å². The van der Waals surface area contributed by atoms with Crippen LogP contribution in [0.2, 0.25) is 0 Å². The molecule has 2 aromatic rings. The Hall–Kier alpha value is -1.28. The van der Waals surface area contributed by atoms with Gasteiger partial charge in [-0.3, -0.25) is 0 Å². The second kappa shape index (κ2) is 4.77. The molecule has 0 aliphatic carbocycles. The molecule has 0 saturated heterocycles. The molecule has 0 bridgehead atoms. The van der Waals surface area contributed by atoms with Crippen LogP contribution in [-0.4, -0.2) is 6.54 Å². The number of thiophene rings is 1. The van der Waals surface area contributed by atoms with Crippen molar-refractivity contribution < 1.29 is 0 Å². The van der Waals surface area contributed by atoms with Gasteiger partial charge in [0.15, 0.2) is 0 Å². The third kappa shape index (κ3) is 2.17. The lowest BCUT2D eigenvalue weighted by Gasteiger charge is -2.28. The van der Waals surface area contributed by atoms with Gasteiger partial charge in [-0.1, -0.05) is 18.2 Å². The summed E-state index contributed by atoms with van der Waals surface area (Å²) >= 11 is 1.88. The van der Waals surface area contributed by atoms with Crippen molar-refractivity contribution in [3.63, 3.8) is 0 Å². The van der Waals surface area contributed by atoms with Crippen molar-refractivity contribution in [2.24, 2.45) is 5.92 Å². The Labute approximate surface area is 113 Å². The van der Waals surface area contributed by atoms with Gasteiger partial charge in [0.25, 0.3) is 0 Å². The molecule has 1 aliphatic rings. The average Bonchev–Trinajstić information content (AvgIpc) is 2.87. The molecule has 18 heavy (non-hydrogen) atoms. The van der Waals surface area contributed by atoms with E-state index in [1.807, 2.05) is 11.3 Å². The molecule has 1 N–H and O–H groups in total. The van der Waals surface area contributed by atoms with E-state index in [1.165, 1.54) is 40.1 Å². The minimum absolute atomic E-state index is 0.733. The van der Waals surface area contributed by atoms with Crippen LogP contribution in [0, 0.1) is 19.8 Å². The van der Waals surface area contributed by atoms with Gasteiger partial charge in [-0.25, -0.2) is 0 Å². The van der Waals surface area contributed by atoms with Gasteiger partial charge in [0.1, 0.15) is 0 Å². The Morgan fingerprint density at radius 2 is 2.06 bits per heavy atom. The molecular formula is C16H19NS. The Morgan fingerprint density at radius 3 is 2.83 bits per heavy atom. The lowest BCUT2D eigenvalue weighted by molar-refractivity contribution is 0.537. The number of hydrogen-bond acceptors (Lipinski definition) is 2. The molecule has 1 aromatic heterocycles. The van der Waals surface area contributed by atoms with Gasteiger partial charge in [-0.15, -0.1) is 11.3 Å². The van der Waals surface area contributed by atoms with Crippen molar-refractivity contribution in [1.82, 2.24) is 0 Å². The van der Waals surface area contributed by atoms with Crippen molar-refractivity contribution in [3.8, 4) is 0 Å². The first-order chi connectivity index (χ1) is 8.74. The average molecular weight is 257 g/mol. The van der Waals surface area contributed by atoms with Crippen molar-refractivity contribution in [2.45, 2.75) is 26.7 Å². The van der Waals surface area contributed by atoms with Crippen LogP contribution in [0.4, 0.5) is 5.69 Å². The standard InChI is InChI=1S/C16H19NS/c1-11-5-6-12(2)16-15(11)9-13(10-17-16)8-14-4-3-7-18-14/h3-7,13,17H,8-10H2,1-2H3. The molecule has 1 atom stereocenters. The van der Waals surface area contributed by atoms with Crippen LogP contribution in [0.25, 0.3) is 0 Å². The number of fused-ring (bicyclic) bond motifs is 1. The number of aryl methyl sites for hydroxylation is 2. The van der Waals surface area contributed by atoms with Crippen LogP contribution in [0.1, 0.15) is 21.6 Å². The zero-order chi connectivity index (χ0) is 12.5. The van der Waals surface area contributed by atoms with Gasteiger partial charge >= 0.3 is 0 Å². The summed E-state index contributed by atoms with van der Waals surface area (Å²) in [6.45, 7) is 5.54. The number of benzene rings is 1. The largest absolute Gasteiger partial charge is 0.384 e. The third-order valence-electron chi connectivity index (χ3n) is 3.89. The summed E-state index contributed by atoms with van der Waals surface area (Å²) in [6.07, 6.45) is 2.42. The third-order valence-corrected chi connectivity index (χ3v) is 4.78. The minimum atomic E-state index is 0.733. The molecule has 3 rings (SSSR count). The molecule has 1 aromatic carbocycles. The van der Waals surface area contributed by atoms with Crippen LogP contribution in [0.5, 0.6) is 0 Å². The van der Waals surface area contributed by atoms with Gasteiger partial charge in [0.2, 0.25) is 0 Å². The minimum Gasteiger partial charge on any atom is -0.384 e. The summed E-state index contributed by atoms with van der Waals surface area (Å²) in [4.78, 5) is 1.51. The fourth-order valence-corrected chi connectivity index (χ4v) is 3.66. The first-order valence-electron chi connectivity index (χ1n) is 6.59. The summed E-state index contributed by atoms with van der Waals surface area (Å²) < 4.78 is 0. The van der Waals surface area contributed by atoms with Gasteiger partial charge in [0, 0.05) is 17.1 Å². The van der Waals surface area contributed by atoms with Gasteiger partial charge in [-0.05, 0) is 60.7 Å². The highest BCUT2D eigenvalue weighted by Crippen LogP contribution is 2.32. The number of rotatable bonds is 2. The fraction of sp³-hybridized carbons (Fsp3) is 0.375. The molecule has 0 radical (unpaired) electrons. The van der Waals surface area contributed by atoms with Gasteiger partial charge in [-0.2, -0.15) is 0 Å². The summed E-state index contributed by atoms with van der Waals surface area (Å²) in [7, 11) is 0. The molecule has 0 fully saturated rings. The normalized spacial score (nSPS) is 18.2. The van der Waals surface area contributed by atoms with Crippen molar-refractivity contribution in [2.75, 3.05) is 11.9 Å². The van der Waals surface area contributed by atoms with Gasteiger partial charge in [0.05, 0.1) is 0 Å². The summed E-state index contributed by atoms with van der Waals surface area (Å²) in [5.41, 5.74) is 5.73. The second-order valence-corrected chi connectivity index (χ2v) is 6.32. The first kappa shape index (κ1) is 11.8. The zero-order valence-corrected chi connectivity index (χ0v) is 11.8. The molecule has 0 spiro atoms. The van der Waals surface area contributed by atoms with Crippen LogP contribution in [0.15, 0.2) is 29.6 Å². The van der Waals surface area contributed by atoms with E-state index in [-0.39, 0.29) is 0 Å². The maximum atomic E-state index is 3.64. The van der Waals surface area contributed by atoms with E-state index >= 15 is 0 Å². The molecule has 2 heterocycles. The van der Waals surface area contributed by atoms with Crippen LogP contribution in [0.3, 0.4) is 0 Å². The quantitative estimate of drug-likeness (QED) is 0.850. The van der Waals surface area contributed by atoms with E-state index in [0.717, 1.165) is 12.5 Å². The summed E-state index contributed by atoms with van der Waals surface area (Å²) in [6, 6.07) is 8.88. The number of anilines is 1. The molecule has 2 heteroatoms. The van der Waals surface area contributed by atoms with E-state index in [2.05, 4.69) is 48.8 Å². The van der Waals surface area contributed by atoms with E-state index < -0.39 is 0 Å². The predicted molar refractivity (Wildman–Crippen MR) is 79.6 cm³/mol. The van der Waals surface area contributed by atoms with Crippen molar-refractivity contribution in [3.05, 3.63) is 51.2 Å². The number of hydrogen-bond donors (Lipinski definition) is 1. The lowest BCUT2D eigenvalue weighted by Crippen LogP contribution is -2.25. The summed E-state index contributed by atoms with van der Waals surface area (Å²) in [5.74, 6) is 0.733. The fourth-order valence-electron chi connectivity index (χ4n) is 2.84. The lowest BCUT2D eigenvalue weighted by atomic mass is 9.87. The Balaban J connectivity index is 1.82. The zero-order valence-electron chi connectivity index (χ0n) is 11.0. The molecule has 0 amide bonds. The highest BCUT2D eigenvalue weighted by Gasteiger charge is 2.21. The van der Waals surface area contributed by atoms with Crippen molar-refractivity contribution in [1.29, 1.82) is 0 Å². The van der Waals surface area contributed by atoms with Crippen molar-refractivity contribution >= 4 is 17.0 Å². The number of nitrogens with one attached hydrogen (secondary N) is 1. The molecule has 1 unspecified atom stereocenters. The van der Waals surface area contributed by atoms with Gasteiger partial charge < -0.3 is 5.32 Å². The highest BCUT2D eigenvalue weighted by atomic mass is 32.1. The van der Waals surface area contributed by atoms with E-state index in [4.69, 9.17) is 0 Å². The summed E-state index contributed by atoms with van der Waals surface area (Å²) in [5, 5.41) is 5.81. The van der Waals surface area contributed by atoms with E-state index in [9.17, 15) is 0 Å².